The molecule has 4 aromatic rings. The Morgan fingerprint density at radius 2 is 1.89 bits per heavy atom. The van der Waals surface area contributed by atoms with Crippen molar-refractivity contribution >= 4 is 43.4 Å². The molecule has 0 amide bonds. The zero-order chi connectivity index (χ0) is 25.0. The number of aromatic nitrogens is 1. The minimum Gasteiger partial charge on any atom is -0.380 e. The summed E-state index contributed by atoms with van der Waals surface area (Å²) in [6.07, 6.45) is 0.319. The number of oxime groups is 1. The van der Waals surface area contributed by atoms with Gasteiger partial charge in [0.05, 0.1) is 21.2 Å². The maximum absolute atomic E-state index is 13.2. The Morgan fingerprint density at radius 1 is 1.11 bits per heavy atom. The molecule has 1 heterocycles. The van der Waals surface area contributed by atoms with Gasteiger partial charge in [-0.3, -0.25) is 0 Å². The van der Waals surface area contributed by atoms with Crippen molar-refractivity contribution < 1.29 is 18.0 Å². The molecule has 1 unspecified atom stereocenters. The largest absolute Gasteiger partial charge is 0.380 e. The van der Waals surface area contributed by atoms with Gasteiger partial charge < -0.3 is 10.6 Å². The number of benzene rings is 3. The molecule has 8 nitrogen and oxygen atoms in total. The third-order valence-electron chi connectivity index (χ3n) is 5.14. The van der Waals surface area contributed by atoms with Gasteiger partial charge in [-0.25, -0.2) is 22.9 Å². The first kappa shape index (κ1) is 24.5. The number of hydrogen-bond acceptors (Lipinski definition) is 7. The fraction of sp³-hybridized carbons (Fsp3) is 0.160. The molecule has 1 atom stereocenters. The summed E-state index contributed by atoms with van der Waals surface area (Å²) in [6.45, 7) is 3.22. The molecule has 3 aromatic carbocycles. The molecule has 0 radical (unpaired) electrons. The van der Waals surface area contributed by atoms with Crippen LogP contribution >= 0.6 is 11.3 Å². The lowest BCUT2D eigenvalue weighted by Crippen LogP contribution is -2.30. The summed E-state index contributed by atoms with van der Waals surface area (Å²) < 4.78 is 30.2. The van der Waals surface area contributed by atoms with Crippen molar-refractivity contribution in [3.8, 4) is 0 Å². The molecule has 0 aliphatic heterocycles. The van der Waals surface area contributed by atoms with Crippen molar-refractivity contribution in [1.29, 1.82) is 0 Å². The molecular formula is C25H24N4O4S2. The number of nitrogens with one attached hydrogen (secondary N) is 1. The van der Waals surface area contributed by atoms with E-state index in [9.17, 15) is 13.2 Å². The van der Waals surface area contributed by atoms with E-state index in [-0.39, 0.29) is 10.7 Å². The number of aryl methyl sites for hydroxylation is 1. The Labute approximate surface area is 207 Å². The van der Waals surface area contributed by atoms with E-state index < -0.39 is 22.0 Å². The maximum atomic E-state index is 13.2. The number of rotatable bonds is 8. The first-order chi connectivity index (χ1) is 16.7. The van der Waals surface area contributed by atoms with Crippen LogP contribution in [0.2, 0.25) is 0 Å². The Morgan fingerprint density at radius 3 is 2.63 bits per heavy atom. The van der Waals surface area contributed by atoms with E-state index in [1.54, 1.807) is 48.5 Å². The summed E-state index contributed by atoms with van der Waals surface area (Å²) in [4.78, 5) is 20.6. The summed E-state index contributed by atoms with van der Waals surface area (Å²) in [6, 6.07) is 20.7. The summed E-state index contributed by atoms with van der Waals surface area (Å²) in [5, 5.41) is 4.28. The van der Waals surface area contributed by atoms with Crippen LogP contribution in [0.1, 0.15) is 34.7 Å². The monoisotopic (exact) mass is 508 g/mol. The highest BCUT2D eigenvalue weighted by Gasteiger charge is 2.25. The van der Waals surface area contributed by atoms with Crippen LogP contribution in [-0.4, -0.2) is 25.2 Å². The molecule has 1 aromatic heterocycles. The van der Waals surface area contributed by atoms with Crippen LogP contribution in [0.15, 0.2) is 82.8 Å². The number of carbonyl (C=O) groups is 1. The molecule has 4 rings (SSSR count). The molecular weight excluding hydrogens is 484 g/mol. The Kier molecular flexibility index (Phi) is 7.25. The molecule has 180 valence electrons. The van der Waals surface area contributed by atoms with Gasteiger partial charge in [0, 0.05) is 12.5 Å². The zero-order valence-electron chi connectivity index (χ0n) is 19.1. The molecule has 10 heteroatoms. The average molecular weight is 509 g/mol. The van der Waals surface area contributed by atoms with Crippen LogP contribution in [0.25, 0.3) is 10.2 Å². The molecule has 0 aliphatic carbocycles. The molecule has 0 spiro atoms. The number of fused-ring (bicyclic) bond motifs is 1. The lowest BCUT2D eigenvalue weighted by molar-refractivity contribution is -0.140. The summed E-state index contributed by atoms with van der Waals surface area (Å²) in [5.41, 5.74) is 9.20. The van der Waals surface area contributed by atoms with Gasteiger partial charge in [0.2, 0.25) is 10.0 Å². The SMILES string of the molecule is CC(=O)ON=C(N)c1cccc(CC(NS(=O)(=O)c2ccccc2)c2nc3cc(C)ccc3s2)c1. The lowest BCUT2D eigenvalue weighted by atomic mass is 10.0. The third kappa shape index (κ3) is 6.10. The number of sulfonamides is 1. The Bertz CT molecular complexity index is 1500. The minimum atomic E-state index is -3.81. The highest BCUT2D eigenvalue weighted by atomic mass is 32.2. The topological polar surface area (TPSA) is 124 Å². The number of thiazole rings is 1. The van der Waals surface area contributed by atoms with Crippen molar-refractivity contribution in [3.05, 3.63) is 94.5 Å². The van der Waals surface area contributed by atoms with E-state index in [2.05, 4.69) is 14.7 Å². The summed E-state index contributed by atoms with van der Waals surface area (Å²) >= 11 is 1.45. The van der Waals surface area contributed by atoms with Crippen molar-refractivity contribution in [1.82, 2.24) is 9.71 Å². The van der Waals surface area contributed by atoms with Gasteiger partial charge in [-0.2, -0.15) is 0 Å². The fourth-order valence-corrected chi connectivity index (χ4v) is 5.79. The van der Waals surface area contributed by atoms with Crippen molar-refractivity contribution in [3.63, 3.8) is 0 Å². The van der Waals surface area contributed by atoms with Gasteiger partial charge in [-0.05, 0) is 54.8 Å². The van der Waals surface area contributed by atoms with Gasteiger partial charge in [-0.1, -0.05) is 47.6 Å². The van der Waals surface area contributed by atoms with E-state index in [1.807, 2.05) is 31.2 Å². The van der Waals surface area contributed by atoms with Crippen molar-refractivity contribution in [2.75, 3.05) is 0 Å². The quantitative estimate of drug-likeness (QED) is 0.160. The average Bonchev–Trinajstić information content (AvgIpc) is 3.26. The normalized spacial score (nSPS) is 13.0. The Balaban J connectivity index is 1.70. The van der Waals surface area contributed by atoms with Gasteiger partial charge in [0.25, 0.3) is 0 Å². The molecule has 0 fully saturated rings. The van der Waals surface area contributed by atoms with E-state index in [1.165, 1.54) is 18.3 Å². The van der Waals surface area contributed by atoms with E-state index in [0.717, 1.165) is 21.3 Å². The highest BCUT2D eigenvalue weighted by molar-refractivity contribution is 7.89. The smallest absolute Gasteiger partial charge is 0.332 e. The standard InChI is InChI=1S/C25H24N4O4S2/c1-16-11-12-23-21(13-16)27-25(34-23)22(29-35(31,32)20-9-4-3-5-10-20)15-18-7-6-8-19(14-18)24(26)28-33-17(2)30/h3-14,22,29H,15H2,1-2H3,(H2,26,28). The van der Waals surface area contributed by atoms with E-state index in [4.69, 9.17) is 10.7 Å². The maximum Gasteiger partial charge on any atom is 0.332 e. The van der Waals surface area contributed by atoms with Gasteiger partial charge >= 0.3 is 5.97 Å². The van der Waals surface area contributed by atoms with Gasteiger partial charge in [0.1, 0.15) is 5.01 Å². The van der Waals surface area contributed by atoms with Gasteiger partial charge in [-0.15, -0.1) is 11.3 Å². The minimum absolute atomic E-state index is 0.0407. The summed E-state index contributed by atoms with van der Waals surface area (Å²) in [5.74, 6) is -0.538. The molecule has 35 heavy (non-hydrogen) atoms. The number of hydrogen-bond donors (Lipinski definition) is 2. The van der Waals surface area contributed by atoms with Crippen LogP contribution in [-0.2, 0) is 26.1 Å². The lowest BCUT2D eigenvalue weighted by Gasteiger charge is -2.17. The van der Waals surface area contributed by atoms with E-state index >= 15 is 0 Å². The fourth-order valence-electron chi connectivity index (χ4n) is 3.50. The molecule has 3 N–H and O–H groups in total. The molecule has 0 bridgehead atoms. The number of nitrogens with zero attached hydrogens (tertiary/aromatic N) is 2. The predicted molar refractivity (Wildman–Crippen MR) is 136 cm³/mol. The number of amidine groups is 1. The second kappa shape index (κ2) is 10.3. The molecule has 0 aliphatic rings. The second-order valence-electron chi connectivity index (χ2n) is 7.97. The van der Waals surface area contributed by atoms with Crippen molar-refractivity contribution in [2.24, 2.45) is 10.9 Å². The van der Waals surface area contributed by atoms with E-state index in [0.29, 0.717) is 17.0 Å². The van der Waals surface area contributed by atoms with Gasteiger partial charge in [0.15, 0.2) is 5.84 Å². The van der Waals surface area contributed by atoms with Crippen LogP contribution in [0.5, 0.6) is 0 Å². The molecule has 0 saturated carbocycles. The summed E-state index contributed by atoms with van der Waals surface area (Å²) in [7, 11) is -3.81. The number of carbonyl (C=O) groups excluding carboxylic acids is 1. The predicted octanol–water partition coefficient (Wildman–Crippen LogP) is 4.05. The van der Waals surface area contributed by atoms with Crippen LogP contribution in [0, 0.1) is 6.92 Å². The first-order valence-electron chi connectivity index (χ1n) is 10.8. The zero-order valence-corrected chi connectivity index (χ0v) is 20.8. The number of nitrogens with two attached hydrogens (primary N) is 1. The van der Waals surface area contributed by atoms with Crippen LogP contribution in [0.3, 0.4) is 0 Å². The van der Waals surface area contributed by atoms with Crippen LogP contribution < -0.4 is 10.5 Å². The highest BCUT2D eigenvalue weighted by Crippen LogP contribution is 2.30. The molecule has 0 saturated heterocycles. The first-order valence-corrected chi connectivity index (χ1v) is 13.1. The van der Waals surface area contributed by atoms with Crippen LogP contribution in [0.4, 0.5) is 0 Å². The second-order valence-corrected chi connectivity index (χ2v) is 10.8. The third-order valence-corrected chi connectivity index (χ3v) is 7.78. The Hall–Kier alpha value is -3.60. The van der Waals surface area contributed by atoms with Crippen molar-refractivity contribution in [2.45, 2.75) is 31.2 Å².